The van der Waals surface area contributed by atoms with Crippen LogP contribution in [0.2, 0.25) is 0 Å². The van der Waals surface area contributed by atoms with Crippen LogP contribution in [0.4, 0.5) is 0 Å². The summed E-state index contributed by atoms with van der Waals surface area (Å²) in [6, 6.07) is 0. The van der Waals surface area contributed by atoms with Gasteiger partial charge in [-0.3, -0.25) is 0 Å². The van der Waals surface area contributed by atoms with Crippen molar-refractivity contribution in [3.63, 3.8) is 0 Å². The summed E-state index contributed by atoms with van der Waals surface area (Å²) >= 11 is 0. The van der Waals surface area contributed by atoms with Crippen molar-refractivity contribution in [2.45, 2.75) is 12.3 Å². The van der Waals surface area contributed by atoms with Crippen molar-refractivity contribution in [3.05, 3.63) is 17.7 Å². The van der Waals surface area contributed by atoms with E-state index in [0.717, 1.165) is 18.8 Å². The molecular weight excluding hydrogens is 152 g/mol. The first kappa shape index (κ1) is 7.49. The summed E-state index contributed by atoms with van der Waals surface area (Å²) in [7, 11) is 0. The van der Waals surface area contributed by atoms with E-state index >= 15 is 0 Å². The van der Waals surface area contributed by atoms with Gasteiger partial charge in [0.25, 0.3) is 0 Å². The lowest BCUT2D eigenvalue weighted by Gasteiger charge is -2.02. The van der Waals surface area contributed by atoms with Crippen molar-refractivity contribution in [1.29, 1.82) is 5.41 Å². The van der Waals surface area contributed by atoms with E-state index in [1.165, 1.54) is 12.6 Å². The van der Waals surface area contributed by atoms with Crippen LogP contribution in [0.25, 0.3) is 0 Å². The Morgan fingerprint density at radius 3 is 3.17 bits per heavy atom. The van der Waals surface area contributed by atoms with Gasteiger partial charge >= 0.3 is 0 Å². The Morgan fingerprint density at radius 1 is 1.67 bits per heavy atom. The Labute approximate surface area is 70.9 Å². The number of nitrogens with one attached hydrogen (secondary N) is 3. The molecule has 1 aliphatic heterocycles. The highest BCUT2D eigenvalue weighted by Gasteiger charge is 2.17. The van der Waals surface area contributed by atoms with E-state index in [4.69, 9.17) is 5.41 Å². The van der Waals surface area contributed by atoms with E-state index in [0.29, 0.717) is 11.7 Å². The summed E-state index contributed by atoms with van der Waals surface area (Å²) in [4.78, 5) is 7.16. The van der Waals surface area contributed by atoms with Gasteiger partial charge in [0.05, 0.1) is 6.21 Å². The van der Waals surface area contributed by atoms with Gasteiger partial charge in [-0.15, -0.1) is 0 Å². The number of H-pyrrole nitrogens is 1. The molecule has 1 saturated heterocycles. The van der Waals surface area contributed by atoms with Gasteiger partial charge < -0.3 is 15.7 Å². The van der Waals surface area contributed by atoms with E-state index in [1.807, 2.05) is 6.20 Å². The zero-order valence-corrected chi connectivity index (χ0v) is 6.80. The molecule has 1 aromatic rings. The first-order valence-corrected chi connectivity index (χ1v) is 4.16. The number of rotatable bonds is 2. The zero-order chi connectivity index (χ0) is 8.39. The fraction of sp³-hybridized carbons (Fsp3) is 0.500. The standard InChI is InChI=1S/C8H12N4/c9-3-8-11-5-7(12-8)6-1-2-10-4-6/h3,5-6,9-10H,1-2,4H2,(H,11,12). The third kappa shape index (κ3) is 1.25. The van der Waals surface area contributed by atoms with Crippen LogP contribution in [0.15, 0.2) is 6.20 Å². The van der Waals surface area contributed by atoms with Crippen LogP contribution < -0.4 is 5.32 Å². The van der Waals surface area contributed by atoms with Crippen LogP contribution in [-0.4, -0.2) is 29.3 Å². The molecule has 4 heteroatoms. The van der Waals surface area contributed by atoms with Crippen molar-refractivity contribution in [3.8, 4) is 0 Å². The van der Waals surface area contributed by atoms with Crippen LogP contribution in [-0.2, 0) is 0 Å². The molecule has 0 radical (unpaired) electrons. The van der Waals surface area contributed by atoms with Gasteiger partial charge in [0.1, 0.15) is 5.82 Å². The lowest BCUT2D eigenvalue weighted by molar-refractivity contribution is 0.740. The minimum atomic E-state index is 0.561. The molecule has 0 spiro atoms. The van der Waals surface area contributed by atoms with Crippen LogP contribution in [0.1, 0.15) is 23.9 Å². The molecule has 1 aliphatic rings. The lowest BCUT2D eigenvalue weighted by Crippen LogP contribution is -2.08. The Balaban J connectivity index is 2.16. The second-order valence-corrected chi connectivity index (χ2v) is 3.06. The number of nitrogens with zero attached hydrogens (tertiary/aromatic N) is 1. The highest BCUT2D eigenvalue weighted by Crippen LogP contribution is 2.19. The summed E-state index contributed by atoms with van der Waals surface area (Å²) in [6.07, 6.45) is 4.24. The molecule has 64 valence electrons. The molecular formula is C8H12N4. The van der Waals surface area contributed by atoms with Gasteiger partial charge in [-0.2, -0.15) is 0 Å². The third-order valence-corrected chi connectivity index (χ3v) is 2.25. The Bertz CT molecular complexity index is 272. The minimum Gasteiger partial charge on any atom is -0.341 e. The Kier molecular flexibility index (Phi) is 1.91. The number of aromatic amines is 1. The molecule has 2 rings (SSSR count). The lowest BCUT2D eigenvalue weighted by atomic mass is 10.1. The first-order valence-electron chi connectivity index (χ1n) is 4.16. The molecule has 4 nitrogen and oxygen atoms in total. The zero-order valence-electron chi connectivity index (χ0n) is 6.80. The highest BCUT2D eigenvalue weighted by atomic mass is 15.0. The largest absolute Gasteiger partial charge is 0.341 e. The molecule has 1 atom stereocenters. The van der Waals surface area contributed by atoms with Crippen molar-refractivity contribution in [2.75, 3.05) is 13.1 Å². The maximum Gasteiger partial charge on any atom is 0.147 e. The smallest absolute Gasteiger partial charge is 0.147 e. The quantitative estimate of drug-likeness (QED) is 0.557. The van der Waals surface area contributed by atoms with Crippen molar-refractivity contribution < 1.29 is 0 Å². The maximum atomic E-state index is 6.99. The molecule has 1 aromatic heterocycles. The van der Waals surface area contributed by atoms with Crippen molar-refractivity contribution >= 4 is 6.21 Å². The van der Waals surface area contributed by atoms with E-state index in [2.05, 4.69) is 15.3 Å². The van der Waals surface area contributed by atoms with Gasteiger partial charge in [0.15, 0.2) is 0 Å². The predicted molar refractivity (Wildman–Crippen MR) is 46.7 cm³/mol. The van der Waals surface area contributed by atoms with E-state index in [9.17, 15) is 0 Å². The molecule has 0 saturated carbocycles. The van der Waals surface area contributed by atoms with Gasteiger partial charge in [-0.05, 0) is 13.0 Å². The second-order valence-electron chi connectivity index (χ2n) is 3.06. The molecule has 2 heterocycles. The number of aromatic nitrogens is 2. The summed E-state index contributed by atoms with van der Waals surface area (Å²) in [6.45, 7) is 2.11. The summed E-state index contributed by atoms with van der Waals surface area (Å²) in [5, 5.41) is 10.3. The maximum absolute atomic E-state index is 6.99. The molecule has 3 N–H and O–H groups in total. The Hall–Kier alpha value is -1.16. The summed E-state index contributed by atoms with van der Waals surface area (Å²) in [5.41, 5.74) is 1.15. The normalized spacial score (nSPS) is 22.8. The molecule has 0 aliphatic carbocycles. The molecule has 12 heavy (non-hydrogen) atoms. The molecule has 0 amide bonds. The van der Waals surface area contributed by atoms with Gasteiger partial charge in [0, 0.05) is 24.4 Å². The van der Waals surface area contributed by atoms with Crippen molar-refractivity contribution in [2.24, 2.45) is 0 Å². The monoisotopic (exact) mass is 164 g/mol. The van der Waals surface area contributed by atoms with Gasteiger partial charge in [-0.25, -0.2) is 4.98 Å². The molecule has 1 unspecified atom stereocenters. The van der Waals surface area contributed by atoms with Crippen LogP contribution in [0.5, 0.6) is 0 Å². The topological polar surface area (TPSA) is 64.6 Å². The van der Waals surface area contributed by atoms with E-state index < -0.39 is 0 Å². The summed E-state index contributed by atoms with van der Waals surface area (Å²) < 4.78 is 0. The molecule has 0 aromatic carbocycles. The fourth-order valence-corrected chi connectivity index (χ4v) is 1.55. The first-order chi connectivity index (χ1) is 5.90. The fourth-order valence-electron chi connectivity index (χ4n) is 1.55. The molecule has 1 fully saturated rings. The highest BCUT2D eigenvalue weighted by molar-refractivity contribution is 5.71. The van der Waals surface area contributed by atoms with Gasteiger partial charge in [0.2, 0.25) is 0 Å². The predicted octanol–water partition coefficient (Wildman–Crippen LogP) is 0.484. The van der Waals surface area contributed by atoms with E-state index in [-0.39, 0.29) is 0 Å². The number of imidazole rings is 1. The van der Waals surface area contributed by atoms with Crippen LogP contribution >= 0.6 is 0 Å². The number of hydrogen-bond acceptors (Lipinski definition) is 3. The summed E-state index contributed by atoms with van der Waals surface area (Å²) in [5.74, 6) is 1.21. The third-order valence-electron chi connectivity index (χ3n) is 2.25. The average Bonchev–Trinajstić information content (AvgIpc) is 2.75. The van der Waals surface area contributed by atoms with Gasteiger partial charge in [-0.1, -0.05) is 0 Å². The average molecular weight is 164 g/mol. The van der Waals surface area contributed by atoms with E-state index in [1.54, 1.807) is 0 Å². The Morgan fingerprint density at radius 2 is 2.58 bits per heavy atom. The number of hydrogen-bond donors (Lipinski definition) is 3. The second kappa shape index (κ2) is 3.06. The van der Waals surface area contributed by atoms with Crippen LogP contribution in [0, 0.1) is 5.41 Å². The minimum absolute atomic E-state index is 0.561. The van der Waals surface area contributed by atoms with Crippen molar-refractivity contribution in [1.82, 2.24) is 15.3 Å². The van der Waals surface area contributed by atoms with Crippen LogP contribution in [0.3, 0.4) is 0 Å². The molecule has 0 bridgehead atoms. The SMILES string of the molecule is N=Cc1ncc(C2CCNC2)[nH]1.